The van der Waals surface area contributed by atoms with Crippen LogP contribution in [0.25, 0.3) is 0 Å². The Kier molecular flexibility index (Phi) is 5.94. The van der Waals surface area contributed by atoms with Gasteiger partial charge in [-0.1, -0.05) is 5.16 Å². The summed E-state index contributed by atoms with van der Waals surface area (Å²) in [4.78, 5) is 8.28. The number of nitrogens with zero attached hydrogens (tertiary/aromatic N) is 2. The van der Waals surface area contributed by atoms with Crippen LogP contribution in [0.4, 0.5) is 13.2 Å². The van der Waals surface area contributed by atoms with E-state index in [0.717, 1.165) is 6.20 Å². The molecule has 118 valence electrons. The quantitative estimate of drug-likeness (QED) is 0.568. The molecule has 0 atom stereocenters. The molecule has 10 heteroatoms. The molecular weight excluding hydrogens is 313 g/mol. The third-order valence-corrected chi connectivity index (χ3v) is 3.70. The molecule has 0 aliphatic heterocycles. The van der Waals surface area contributed by atoms with Crippen LogP contribution in [-0.4, -0.2) is 31.5 Å². The molecular formula is C11H13F3N2O4S. The zero-order chi connectivity index (χ0) is 16.0. The Morgan fingerprint density at radius 1 is 1.43 bits per heavy atom. The fraction of sp³-hybridized carbons (Fsp3) is 0.455. The van der Waals surface area contributed by atoms with Crippen molar-refractivity contribution in [3.63, 3.8) is 0 Å². The Bertz CT molecular complexity index is 648. The van der Waals surface area contributed by atoms with E-state index in [4.69, 9.17) is 9.25 Å². The van der Waals surface area contributed by atoms with Crippen molar-refractivity contribution in [3.8, 4) is 0 Å². The summed E-state index contributed by atoms with van der Waals surface area (Å²) >= 11 is 0. The Hall–Kier alpha value is -1.84. The SMILES string of the molecule is CCO/N=C(\C)c1cnc(S(=O)(=O)CCC(F)=C(F)F)o1. The molecule has 0 spiro atoms. The molecule has 1 aromatic rings. The zero-order valence-electron chi connectivity index (χ0n) is 11.3. The highest BCUT2D eigenvalue weighted by Crippen LogP contribution is 2.18. The van der Waals surface area contributed by atoms with Crippen molar-refractivity contribution < 1.29 is 30.8 Å². The second kappa shape index (κ2) is 7.25. The van der Waals surface area contributed by atoms with E-state index in [0.29, 0.717) is 6.61 Å². The molecule has 0 saturated heterocycles. The second-order valence-electron chi connectivity index (χ2n) is 3.82. The van der Waals surface area contributed by atoms with Crippen LogP contribution in [-0.2, 0) is 14.7 Å². The van der Waals surface area contributed by atoms with Crippen LogP contribution in [0, 0.1) is 0 Å². The van der Waals surface area contributed by atoms with Crippen molar-refractivity contribution in [2.24, 2.45) is 5.16 Å². The van der Waals surface area contributed by atoms with Crippen molar-refractivity contribution in [2.75, 3.05) is 12.4 Å². The average Bonchev–Trinajstić information content (AvgIpc) is 2.92. The maximum atomic E-state index is 12.6. The van der Waals surface area contributed by atoms with Crippen molar-refractivity contribution in [2.45, 2.75) is 25.5 Å². The predicted octanol–water partition coefficient (Wildman–Crippen LogP) is 2.68. The fourth-order valence-corrected chi connectivity index (χ4v) is 2.23. The lowest BCUT2D eigenvalue weighted by Gasteiger charge is -1.98. The minimum atomic E-state index is -4.10. The third kappa shape index (κ3) is 4.88. The van der Waals surface area contributed by atoms with Crippen LogP contribution in [0.1, 0.15) is 26.0 Å². The first-order chi connectivity index (χ1) is 9.77. The first-order valence-corrected chi connectivity index (χ1v) is 7.48. The summed E-state index contributed by atoms with van der Waals surface area (Å²) in [6, 6.07) is 0. The summed E-state index contributed by atoms with van der Waals surface area (Å²) in [6.07, 6.45) is -2.39. The van der Waals surface area contributed by atoms with Gasteiger partial charge in [0, 0.05) is 6.42 Å². The van der Waals surface area contributed by atoms with Gasteiger partial charge >= 0.3 is 11.3 Å². The molecule has 0 bridgehead atoms. The van der Waals surface area contributed by atoms with Gasteiger partial charge in [-0.25, -0.2) is 17.8 Å². The number of rotatable bonds is 7. The second-order valence-corrected chi connectivity index (χ2v) is 5.81. The zero-order valence-corrected chi connectivity index (χ0v) is 12.1. The largest absolute Gasteiger partial charge is 0.427 e. The molecule has 0 fully saturated rings. The van der Waals surface area contributed by atoms with Gasteiger partial charge in [0.1, 0.15) is 12.3 Å². The lowest BCUT2D eigenvalue weighted by atomic mass is 10.4. The monoisotopic (exact) mass is 326 g/mol. The highest BCUT2D eigenvalue weighted by atomic mass is 32.2. The van der Waals surface area contributed by atoms with Crippen LogP contribution in [0.5, 0.6) is 0 Å². The standard InChI is InChI=1S/C11H13F3N2O4S/c1-3-19-16-7(2)9-6-15-11(20-9)21(17,18)5-4-8(12)10(13)14/h6H,3-5H2,1-2H3/b16-7+. The van der Waals surface area contributed by atoms with Gasteiger partial charge in [0.2, 0.25) is 9.84 Å². The lowest BCUT2D eigenvalue weighted by Crippen LogP contribution is -2.07. The van der Waals surface area contributed by atoms with E-state index in [-0.39, 0.29) is 11.5 Å². The summed E-state index contributed by atoms with van der Waals surface area (Å²) in [7, 11) is -4.10. The molecule has 0 amide bonds. The van der Waals surface area contributed by atoms with E-state index >= 15 is 0 Å². The minimum Gasteiger partial charge on any atom is -0.427 e. The highest BCUT2D eigenvalue weighted by molar-refractivity contribution is 7.91. The molecule has 0 unspecified atom stereocenters. The predicted molar refractivity (Wildman–Crippen MR) is 67.4 cm³/mol. The Labute approximate surface area is 119 Å². The molecule has 1 heterocycles. The Morgan fingerprint density at radius 3 is 2.67 bits per heavy atom. The van der Waals surface area contributed by atoms with E-state index in [1.807, 2.05) is 0 Å². The molecule has 21 heavy (non-hydrogen) atoms. The van der Waals surface area contributed by atoms with Crippen LogP contribution in [0.3, 0.4) is 0 Å². The fourth-order valence-electron chi connectivity index (χ4n) is 1.18. The molecule has 0 N–H and O–H groups in total. The van der Waals surface area contributed by atoms with Gasteiger partial charge in [0.05, 0.1) is 11.9 Å². The van der Waals surface area contributed by atoms with Crippen LogP contribution >= 0.6 is 0 Å². The van der Waals surface area contributed by atoms with E-state index in [9.17, 15) is 21.6 Å². The summed E-state index contributed by atoms with van der Waals surface area (Å²) in [5.41, 5.74) is 0.256. The van der Waals surface area contributed by atoms with Crippen LogP contribution < -0.4 is 0 Å². The maximum Gasteiger partial charge on any atom is 0.315 e. The number of hydrogen-bond acceptors (Lipinski definition) is 6. The average molecular weight is 326 g/mol. The molecule has 0 aliphatic carbocycles. The molecule has 1 rings (SSSR count). The summed E-state index contributed by atoms with van der Waals surface area (Å²) in [5, 5.41) is 2.94. The molecule has 0 aromatic carbocycles. The van der Waals surface area contributed by atoms with Gasteiger partial charge in [-0.15, -0.1) is 0 Å². The number of sulfone groups is 1. The lowest BCUT2D eigenvalue weighted by molar-refractivity contribution is 0.158. The minimum absolute atomic E-state index is 0.0507. The first kappa shape index (κ1) is 17.2. The highest BCUT2D eigenvalue weighted by Gasteiger charge is 2.23. The van der Waals surface area contributed by atoms with Crippen molar-refractivity contribution in [3.05, 3.63) is 23.9 Å². The van der Waals surface area contributed by atoms with E-state index in [2.05, 4.69) is 10.1 Å². The molecule has 0 saturated carbocycles. The van der Waals surface area contributed by atoms with Crippen molar-refractivity contribution >= 4 is 15.5 Å². The molecule has 0 radical (unpaired) electrons. The topological polar surface area (TPSA) is 81.8 Å². The van der Waals surface area contributed by atoms with Crippen LogP contribution in [0.2, 0.25) is 0 Å². The first-order valence-electron chi connectivity index (χ1n) is 5.83. The number of oxazole rings is 1. The third-order valence-electron chi connectivity index (χ3n) is 2.23. The van der Waals surface area contributed by atoms with Gasteiger partial charge in [-0.05, 0) is 13.8 Å². The normalized spacial score (nSPS) is 12.3. The van der Waals surface area contributed by atoms with Gasteiger partial charge in [0.25, 0.3) is 0 Å². The van der Waals surface area contributed by atoms with E-state index in [1.54, 1.807) is 6.92 Å². The van der Waals surface area contributed by atoms with Gasteiger partial charge in [-0.2, -0.15) is 8.78 Å². The number of allylic oxidation sites excluding steroid dienone is 1. The van der Waals surface area contributed by atoms with Gasteiger partial charge in [0.15, 0.2) is 11.6 Å². The Balaban J connectivity index is 2.86. The number of halogens is 3. The van der Waals surface area contributed by atoms with E-state index < -0.39 is 39.1 Å². The number of hydrogen-bond donors (Lipinski definition) is 0. The Morgan fingerprint density at radius 2 is 2.10 bits per heavy atom. The van der Waals surface area contributed by atoms with E-state index in [1.165, 1.54) is 6.92 Å². The summed E-state index contributed by atoms with van der Waals surface area (Å²) < 4.78 is 64.8. The number of oxime groups is 1. The molecule has 1 aromatic heterocycles. The molecule has 0 aliphatic rings. The van der Waals surface area contributed by atoms with Crippen LogP contribution in [0.15, 0.2) is 32.9 Å². The summed E-state index contributed by atoms with van der Waals surface area (Å²) in [6.45, 7) is 3.53. The summed E-state index contributed by atoms with van der Waals surface area (Å²) in [5.74, 6) is -2.60. The number of aromatic nitrogens is 1. The van der Waals surface area contributed by atoms with Crippen molar-refractivity contribution in [1.29, 1.82) is 0 Å². The van der Waals surface area contributed by atoms with Gasteiger partial charge < -0.3 is 9.25 Å². The maximum absolute atomic E-state index is 12.6. The van der Waals surface area contributed by atoms with Crippen molar-refractivity contribution in [1.82, 2.24) is 4.98 Å². The molecule has 6 nitrogen and oxygen atoms in total. The smallest absolute Gasteiger partial charge is 0.315 e. The van der Waals surface area contributed by atoms with Gasteiger partial charge in [-0.3, -0.25) is 0 Å².